The Hall–Kier alpha value is -2.07. The highest BCUT2D eigenvalue weighted by atomic mass is 35.5. The second kappa shape index (κ2) is 7.04. The molecule has 0 spiro atoms. The van der Waals surface area contributed by atoms with Crippen molar-refractivity contribution in [1.29, 1.82) is 0 Å². The van der Waals surface area contributed by atoms with Gasteiger partial charge in [-0.2, -0.15) is 0 Å². The second-order valence-corrected chi connectivity index (χ2v) is 7.23. The minimum absolute atomic E-state index is 0.136. The molecule has 1 N–H and O–H groups in total. The van der Waals surface area contributed by atoms with Crippen LogP contribution >= 0.6 is 11.6 Å². The number of hydrogen-bond acceptors (Lipinski definition) is 4. The van der Waals surface area contributed by atoms with E-state index in [9.17, 15) is 9.59 Å². The van der Waals surface area contributed by atoms with Crippen molar-refractivity contribution in [3.8, 4) is 0 Å². The zero-order valence-electron chi connectivity index (χ0n) is 14.6. The van der Waals surface area contributed by atoms with Crippen LogP contribution < -0.4 is 5.32 Å². The monoisotopic (exact) mass is 359 g/mol. The molecule has 3 rings (SSSR count). The molecule has 0 radical (unpaired) electrons. The van der Waals surface area contributed by atoms with Crippen molar-refractivity contribution >= 4 is 23.4 Å². The highest BCUT2D eigenvalue weighted by Gasteiger charge is 2.43. The molecule has 1 aromatic rings. The first-order valence-corrected chi connectivity index (χ1v) is 8.93. The van der Waals surface area contributed by atoms with Gasteiger partial charge in [-0.15, -0.1) is 0 Å². The number of carbonyl (C=O) groups is 2. The fourth-order valence-electron chi connectivity index (χ4n) is 3.62. The van der Waals surface area contributed by atoms with Gasteiger partial charge >= 0.3 is 5.97 Å². The molecule has 0 amide bonds. The lowest BCUT2D eigenvalue weighted by Crippen LogP contribution is -2.41. The van der Waals surface area contributed by atoms with Crippen LogP contribution in [0.3, 0.4) is 0 Å². The van der Waals surface area contributed by atoms with Crippen LogP contribution in [-0.2, 0) is 14.3 Å². The summed E-state index contributed by atoms with van der Waals surface area (Å²) >= 11 is 6.18. The van der Waals surface area contributed by atoms with E-state index < -0.39 is 5.92 Å². The summed E-state index contributed by atoms with van der Waals surface area (Å²) in [4.78, 5) is 25.5. The zero-order valence-corrected chi connectivity index (χ0v) is 15.4. The molecule has 0 saturated carbocycles. The number of fused-ring (bicyclic) bond motifs is 1. The van der Waals surface area contributed by atoms with Crippen LogP contribution in [0, 0.1) is 5.92 Å². The largest absolute Gasteiger partial charge is 0.460 e. The second-order valence-electron chi connectivity index (χ2n) is 6.79. The lowest BCUT2D eigenvalue weighted by molar-refractivity contribution is -0.143. The summed E-state index contributed by atoms with van der Waals surface area (Å²) in [5, 5.41) is 3.84. The average Bonchev–Trinajstić information content (AvgIpc) is 2.53. The predicted molar refractivity (Wildman–Crippen MR) is 97.1 cm³/mol. The minimum atomic E-state index is -0.398. The van der Waals surface area contributed by atoms with Crippen LogP contribution in [0.25, 0.3) is 0 Å². The Labute approximate surface area is 152 Å². The Morgan fingerprint density at radius 1 is 1.32 bits per heavy atom. The van der Waals surface area contributed by atoms with Gasteiger partial charge in [0, 0.05) is 28.8 Å². The topological polar surface area (TPSA) is 55.4 Å². The molecule has 0 bridgehead atoms. The number of halogens is 1. The SMILES string of the molecule is CC1=C(C(=O)OC(C)C)C(c2cccc(Cl)c2)C2C(=O)CCC=C2N1. The lowest BCUT2D eigenvalue weighted by atomic mass is 9.71. The average molecular weight is 360 g/mol. The normalized spacial score (nSPS) is 23.1. The van der Waals surface area contributed by atoms with Crippen molar-refractivity contribution in [2.45, 2.75) is 45.6 Å². The molecule has 0 aromatic heterocycles. The summed E-state index contributed by atoms with van der Waals surface area (Å²) < 4.78 is 5.46. The van der Waals surface area contributed by atoms with Crippen molar-refractivity contribution < 1.29 is 14.3 Å². The lowest BCUT2D eigenvalue weighted by Gasteiger charge is -2.38. The number of hydrogen-bond donors (Lipinski definition) is 1. The number of ketones is 1. The van der Waals surface area contributed by atoms with Gasteiger partial charge in [0.15, 0.2) is 0 Å². The first-order chi connectivity index (χ1) is 11.9. The predicted octanol–water partition coefficient (Wildman–Crippen LogP) is 4.12. The van der Waals surface area contributed by atoms with Gasteiger partial charge in [0.25, 0.3) is 0 Å². The minimum Gasteiger partial charge on any atom is -0.460 e. The first-order valence-electron chi connectivity index (χ1n) is 8.55. The molecular weight excluding hydrogens is 338 g/mol. The number of allylic oxidation sites excluding steroid dienone is 3. The summed E-state index contributed by atoms with van der Waals surface area (Å²) in [6.07, 6.45) is 3.03. The van der Waals surface area contributed by atoms with Crippen molar-refractivity contribution in [3.63, 3.8) is 0 Å². The maximum absolute atomic E-state index is 12.8. The van der Waals surface area contributed by atoms with Gasteiger partial charge in [0.2, 0.25) is 0 Å². The molecule has 0 saturated heterocycles. The first kappa shape index (κ1) is 17.7. The Morgan fingerprint density at radius 2 is 2.08 bits per heavy atom. The van der Waals surface area contributed by atoms with Gasteiger partial charge in [-0.1, -0.05) is 29.8 Å². The van der Waals surface area contributed by atoms with E-state index in [1.165, 1.54) is 0 Å². The van der Waals surface area contributed by atoms with E-state index >= 15 is 0 Å². The smallest absolute Gasteiger partial charge is 0.336 e. The van der Waals surface area contributed by atoms with Crippen molar-refractivity contribution in [2.24, 2.45) is 5.92 Å². The number of benzene rings is 1. The number of Topliss-reactive ketones (excluding diaryl/α,β-unsaturated/α-hetero) is 1. The molecule has 1 aromatic carbocycles. The summed E-state index contributed by atoms with van der Waals surface area (Å²) in [6.45, 7) is 5.48. The fourth-order valence-corrected chi connectivity index (χ4v) is 3.82. The van der Waals surface area contributed by atoms with Gasteiger partial charge in [-0.3, -0.25) is 4.79 Å². The summed E-state index contributed by atoms with van der Waals surface area (Å²) in [7, 11) is 0. The molecule has 2 unspecified atom stereocenters. The van der Waals surface area contributed by atoms with Gasteiger partial charge in [-0.05, 0) is 44.9 Å². The van der Waals surface area contributed by atoms with Crippen molar-refractivity contribution in [2.75, 3.05) is 0 Å². The van der Waals surface area contributed by atoms with E-state index in [1.807, 2.05) is 39.0 Å². The Balaban J connectivity index is 2.15. The van der Waals surface area contributed by atoms with Crippen LogP contribution in [-0.4, -0.2) is 17.9 Å². The van der Waals surface area contributed by atoms with Gasteiger partial charge in [0.1, 0.15) is 5.78 Å². The molecule has 2 atom stereocenters. The Kier molecular flexibility index (Phi) is 5.00. The molecular formula is C20H22ClNO3. The third-order valence-corrected chi connectivity index (χ3v) is 4.82. The molecule has 5 heteroatoms. The van der Waals surface area contributed by atoms with Gasteiger partial charge in [-0.25, -0.2) is 4.79 Å². The molecule has 132 valence electrons. The highest BCUT2D eigenvalue weighted by molar-refractivity contribution is 6.30. The third kappa shape index (κ3) is 3.49. The summed E-state index contributed by atoms with van der Waals surface area (Å²) in [5.41, 5.74) is 2.97. The van der Waals surface area contributed by atoms with E-state index in [1.54, 1.807) is 6.07 Å². The van der Waals surface area contributed by atoms with Crippen LogP contribution in [0.2, 0.25) is 5.02 Å². The fraction of sp³-hybridized carbons (Fsp3) is 0.400. The molecule has 2 aliphatic rings. The van der Waals surface area contributed by atoms with Gasteiger partial charge in [0.05, 0.1) is 17.6 Å². The van der Waals surface area contributed by atoms with Crippen LogP contribution in [0.1, 0.15) is 45.1 Å². The van der Waals surface area contributed by atoms with Crippen LogP contribution in [0.15, 0.2) is 47.3 Å². The highest BCUT2D eigenvalue weighted by Crippen LogP contribution is 2.44. The molecule has 1 aliphatic carbocycles. The zero-order chi connectivity index (χ0) is 18.1. The third-order valence-electron chi connectivity index (χ3n) is 4.59. The van der Waals surface area contributed by atoms with E-state index in [0.29, 0.717) is 17.0 Å². The standard InChI is InChI=1S/C20H22ClNO3/c1-11(2)25-20(24)17-12(3)22-15-8-5-9-16(23)19(15)18(17)13-6-4-7-14(21)10-13/h4,6-8,10-11,18-19,22H,5,9H2,1-3H3. The summed E-state index contributed by atoms with van der Waals surface area (Å²) in [5.74, 6) is -1.03. The quantitative estimate of drug-likeness (QED) is 0.825. The number of nitrogens with one attached hydrogen (secondary N) is 1. The molecule has 25 heavy (non-hydrogen) atoms. The maximum atomic E-state index is 12.8. The maximum Gasteiger partial charge on any atom is 0.336 e. The Morgan fingerprint density at radius 3 is 2.76 bits per heavy atom. The van der Waals surface area contributed by atoms with E-state index in [4.69, 9.17) is 16.3 Å². The van der Waals surface area contributed by atoms with Crippen LogP contribution in [0.4, 0.5) is 0 Å². The van der Waals surface area contributed by atoms with Gasteiger partial charge < -0.3 is 10.1 Å². The number of esters is 1. The van der Waals surface area contributed by atoms with Crippen LogP contribution in [0.5, 0.6) is 0 Å². The van der Waals surface area contributed by atoms with Crippen molar-refractivity contribution in [3.05, 3.63) is 57.9 Å². The van der Waals surface area contributed by atoms with E-state index in [-0.39, 0.29) is 23.8 Å². The molecule has 4 nitrogen and oxygen atoms in total. The van der Waals surface area contributed by atoms with E-state index in [2.05, 4.69) is 11.4 Å². The van der Waals surface area contributed by atoms with Crippen molar-refractivity contribution in [1.82, 2.24) is 5.32 Å². The Bertz CT molecular complexity index is 779. The molecule has 1 aliphatic heterocycles. The summed E-state index contributed by atoms with van der Waals surface area (Å²) in [6, 6.07) is 7.37. The molecule has 1 heterocycles. The van der Waals surface area contributed by atoms with E-state index in [0.717, 1.165) is 23.4 Å². The number of ether oxygens (including phenoxy) is 1. The number of rotatable bonds is 3. The number of carbonyl (C=O) groups excluding carboxylic acids is 2. The molecule has 0 fully saturated rings.